The average Bonchev–Trinajstić information content (AvgIpc) is 2.94. The van der Waals surface area contributed by atoms with Gasteiger partial charge in [0.2, 0.25) is 0 Å². The van der Waals surface area contributed by atoms with Gasteiger partial charge in [-0.1, -0.05) is 30.1 Å². The molecular weight excluding hydrogens is 369 g/mol. The summed E-state index contributed by atoms with van der Waals surface area (Å²) in [6.07, 6.45) is 2.41. The van der Waals surface area contributed by atoms with Crippen LogP contribution in [0.2, 0.25) is 5.02 Å². The number of benzene rings is 1. The molecule has 0 saturated heterocycles. The summed E-state index contributed by atoms with van der Waals surface area (Å²) in [7, 11) is -5.55. The van der Waals surface area contributed by atoms with Gasteiger partial charge in [-0.2, -0.15) is 21.6 Å². The summed E-state index contributed by atoms with van der Waals surface area (Å²) < 4.78 is 67.0. The molecule has 1 aromatic heterocycles. The van der Waals surface area contributed by atoms with Crippen LogP contribution < -0.4 is 4.72 Å². The van der Waals surface area contributed by atoms with Crippen molar-refractivity contribution in [1.29, 1.82) is 0 Å². The zero-order chi connectivity index (χ0) is 18.0. The number of sulfonamides is 1. The van der Waals surface area contributed by atoms with Crippen LogP contribution in [0, 0.1) is 0 Å². The molecule has 0 atom stereocenters. The van der Waals surface area contributed by atoms with Gasteiger partial charge in [0.05, 0.1) is 5.69 Å². The van der Waals surface area contributed by atoms with Gasteiger partial charge in [0, 0.05) is 23.1 Å². The lowest BCUT2D eigenvalue weighted by atomic mass is 10.1. The molecule has 0 spiro atoms. The summed E-state index contributed by atoms with van der Waals surface area (Å²) in [6, 6.07) is 5.28. The molecule has 2 aromatic rings. The van der Waals surface area contributed by atoms with E-state index in [-0.39, 0.29) is 22.0 Å². The molecule has 0 aliphatic heterocycles. The van der Waals surface area contributed by atoms with Crippen molar-refractivity contribution in [3.05, 3.63) is 35.0 Å². The number of unbranched alkanes of at least 4 members (excludes halogenated alkanes) is 1. The highest BCUT2D eigenvalue weighted by molar-refractivity contribution is 7.93. The van der Waals surface area contributed by atoms with Crippen LogP contribution in [0.3, 0.4) is 0 Å². The van der Waals surface area contributed by atoms with Crippen LogP contribution in [-0.2, 0) is 16.4 Å². The van der Waals surface area contributed by atoms with Crippen molar-refractivity contribution >= 4 is 27.3 Å². The molecule has 0 bridgehead atoms. The maximum atomic E-state index is 12.6. The largest absolute Gasteiger partial charge is 0.516 e. The number of rotatable bonds is 6. The molecule has 10 heteroatoms. The monoisotopic (exact) mass is 382 g/mol. The molecule has 0 saturated carbocycles. The molecule has 0 aliphatic carbocycles. The highest BCUT2D eigenvalue weighted by atomic mass is 35.5. The molecule has 0 unspecified atom stereocenters. The Kier molecular flexibility index (Phi) is 5.44. The molecule has 0 amide bonds. The standard InChI is InChI=1S/C14H14ClF3N2O3S/c1-2-3-4-10-8-13(19-23-10)11-7-9(15)5-6-12(11)20-24(21,22)14(16,17)18/h5-8,20H,2-4H2,1H3. The summed E-state index contributed by atoms with van der Waals surface area (Å²) in [5.74, 6) is 0.552. The van der Waals surface area contributed by atoms with Gasteiger partial charge in [0.1, 0.15) is 11.5 Å². The van der Waals surface area contributed by atoms with Crippen LogP contribution >= 0.6 is 11.6 Å². The number of alkyl halides is 3. The molecule has 5 nitrogen and oxygen atoms in total. The van der Waals surface area contributed by atoms with Gasteiger partial charge in [-0.25, -0.2) is 0 Å². The molecule has 1 heterocycles. The molecule has 0 radical (unpaired) electrons. The number of halogens is 4. The Hall–Kier alpha value is -1.74. The minimum Gasteiger partial charge on any atom is -0.361 e. The first-order chi connectivity index (χ1) is 11.1. The van der Waals surface area contributed by atoms with Crippen molar-refractivity contribution in [2.24, 2.45) is 0 Å². The fraction of sp³-hybridized carbons (Fsp3) is 0.357. The van der Waals surface area contributed by atoms with Crippen molar-refractivity contribution in [3.8, 4) is 11.3 Å². The third-order valence-electron chi connectivity index (χ3n) is 3.14. The number of aryl methyl sites for hydroxylation is 1. The predicted molar refractivity (Wildman–Crippen MR) is 84.2 cm³/mol. The lowest BCUT2D eigenvalue weighted by Crippen LogP contribution is -2.30. The van der Waals surface area contributed by atoms with Crippen LogP contribution in [-0.4, -0.2) is 19.1 Å². The second-order valence-electron chi connectivity index (χ2n) is 5.02. The van der Waals surface area contributed by atoms with Gasteiger partial charge < -0.3 is 4.52 Å². The fourth-order valence-corrected chi connectivity index (χ4v) is 2.68. The number of anilines is 1. The van der Waals surface area contributed by atoms with Gasteiger partial charge in [-0.05, 0) is 24.6 Å². The Bertz CT molecular complexity index is 819. The average molecular weight is 383 g/mol. The summed E-state index contributed by atoms with van der Waals surface area (Å²) in [6.45, 7) is 2.00. The number of nitrogens with one attached hydrogen (secondary N) is 1. The molecule has 1 N–H and O–H groups in total. The van der Waals surface area contributed by atoms with Crippen molar-refractivity contribution < 1.29 is 26.1 Å². The Morgan fingerprint density at radius 1 is 1.29 bits per heavy atom. The molecule has 132 valence electrons. The minimum atomic E-state index is -5.55. The third kappa shape index (κ3) is 4.21. The quantitative estimate of drug-likeness (QED) is 0.792. The maximum Gasteiger partial charge on any atom is 0.516 e. The zero-order valence-electron chi connectivity index (χ0n) is 12.5. The van der Waals surface area contributed by atoms with E-state index in [1.165, 1.54) is 16.9 Å². The first kappa shape index (κ1) is 18.6. The maximum absolute atomic E-state index is 12.6. The topological polar surface area (TPSA) is 72.2 Å². The Morgan fingerprint density at radius 3 is 2.62 bits per heavy atom. The smallest absolute Gasteiger partial charge is 0.361 e. The van der Waals surface area contributed by atoms with E-state index in [0.717, 1.165) is 18.9 Å². The number of nitrogens with zero attached hydrogens (tertiary/aromatic N) is 1. The summed E-state index contributed by atoms with van der Waals surface area (Å²) >= 11 is 5.86. The van der Waals surface area contributed by atoms with Gasteiger partial charge in [-0.15, -0.1) is 0 Å². The molecule has 1 aromatic carbocycles. The normalized spacial score (nSPS) is 12.4. The van der Waals surface area contributed by atoms with Crippen molar-refractivity contribution in [2.75, 3.05) is 4.72 Å². The van der Waals surface area contributed by atoms with E-state index in [1.54, 1.807) is 6.07 Å². The van der Waals surface area contributed by atoms with E-state index in [9.17, 15) is 21.6 Å². The number of aromatic nitrogens is 1. The fourth-order valence-electron chi connectivity index (χ4n) is 1.93. The van der Waals surface area contributed by atoms with Crippen LogP contribution in [0.5, 0.6) is 0 Å². The Morgan fingerprint density at radius 2 is 2.00 bits per heavy atom. The van der Waals surface area contributed by atoms with Crippen molar-refractivity contribution in [3.63, 3.8) is 0 Å². The summed E-state index contributed by atoms with van der Waals surface area (Å²) in [5, 5.41) is 4.00. The Balaban J connectivity index is 2.40. The molecular formula is C14H14ClF3N2O3S. The third-order valence-corrected chi connectivity index (χ3v) is 4.48. The predicted octanol–water partition coefficient (Wildman–Crippen LogP) is 4.60. The van der Waals surface area contributed by atoms with Gasteiger partial charge in [0.25, 0.3) is 0 Å². The molecule has 0 aliphatic rings. The van der Waals surface area contributed by atoms with E-state index < -0.39 is 15.5 Å². The van der Waals surface area contributed by atoms with E-state index in [2.05, 4.69) is 5.16 Å². The van der Waals surface area contributed by atoms with Crippen LogP contribution in [0.1, 0.15) is 25.5 Å². The van der Waals surface area contributed by atoms with E-state index in [1.807, 2.05) is 6.92 Å². The summed E-state index contributed by atoms with van der Waals surface area (Å²) in [4.78, 5) is 0. The van der Waals surface area contributed by atoms with E-state index in [0.29, 0.717) is 12.2 Å². The molecule has 0 fully saturated rings. The van der Waals surface area contributed by atoms with Crippen LogP contribution in [0.25, 0.3) is 11.3 Å². The highest BCUT2D eigenvalue weighted by Crippen LogP contribution is 2.34. The van der Waals surface area contributed by atoms with E-state index >= 15 is 0 Å². The first-order valence-electron chi connectivity index (χ1n) is 6.98. The van der Waals surface area contributed by atoms with Gasteiger partial charge in [0.15, 0.2) is 0 Å². The SMILES string of the molecule is CCCCc1cc(-c2cc(Cl)ccc2NS(=O)(=O)C(F)(F)F)no1. The lowest BCUT2D eigenvalue weighted by molar-refractivity contribution is -0.0429. The minimum absolute atomic E-state index is 0.0989. The molecule has 2 rings (SSSR count). The van der Waals surface area contributed by atoms with Gasteiger partial charge in [-0.3, -0.25) is 4.72 Å². The second-order valence-corrected chi connectivity index (χ2v) is 7.13. The Labute approximate surface area is 141 Å². The van der Waals surface area contributed by atoms with Gasteiger partial charge >= 0.3 is 15.5 Å². The molecule has 24 heavy (non-hydrogen) atoms. The first-order valence-corrected chi connectivity index (χ1v) is 8.84. The summed E-state index contributed by atoms with van der Waals surface area (Å²) in [5.41, 5.74) is -5.42. The van der Waals surface area contributed by atoms with Crippen LogP contribution in [0.4, 0.5) is 18.9 Å². The van der Waals surface area contributed by atoms with Crippen LogP contribution in [0.15, 0.2) is 28.8 Å². The number of hydrogen-bond donors (Lipinski definition) is 1. The second kappa shape index (κ2) is 7.02. The van der Waals surface area contributed by atoms with Crippen molar-refractivity contribution in [2.45, 2.75) is 31.7 Å². The zero-order valence-corrected chi connectivity index (χ0v) is 14.1. The van der Waals surface area contributed by atoms with E-state index in [4.69, 9.17) is 16.1 Å². The highest BCUT2D eigenvalue weighted by Gasteiger charge is 2.46. The van der Waals surface area contributed by atoms with Crippen molar-refractivity contribution in [1.82, 2.24) is 5.16 Å². The lowest BCUT2D eigenvalue weighted by Gasteiger charge is -2.13. The number of hydrogen-bond acceptors (Lipinski definition) is 4.